The topological polar surface area (TPSA) is 50.4 Å². The predicted octanol–water partition coefficient (Wildman–Crippen LogP) is 3.27. The van der Waals surface area contributed by atoms with E-state index in [2.05, 4.69) is 10.3 Å². The normalized spacial score (nSPS) is 11.0. The third-order valence-electron chi connectivity index (χ3n) is 3.23. The van der Waals surface area contributed by atoms with Crippen LogP contribution in [0.5, 0.6) is 0 Å². The number of hydrogen-bond donors (Lipinski definition) is 2. The van der Waals surface area contributed by atoms with Gasteiger partial charge in [-0.3, -0.25) is 4.99 Å². The van der Waals surface area contributed by atoms with Crippen molar-refractivity contribution in [1.82, 2.24) is 5.32 Å². The highest BCUT2D eigenvalue weighted by Crippen LogP contribution is 2.10. The number of benzene rings is 2. The lowest BCUT2D eigenvalue weighted by Crippen LogP contribution is -2.33. The molecule has 0 radical (unpaired) electrons. The minimum atomic E-state index is -0.450. The maximum atomic E-state index is 13.4. The summed E-state index contributed by atoms with van der Waals surface area (Å²) >= 11 is 0. The largest absolute Gasteiger partial charge is 0.370 e. The molecule has 0 saturated carbocycles. The van der Waals surface area contributed by atoms with Crippen LogP contribution in [0.1, 0.15) is 11.1 Å². The van der Waals surface area contributed by atoms with Crippen LogP contribution in [0.3, 0.4) is 0 Å². The number of aliphatic imine (C=N–C) groups is 1. The molecule has 124 valence electrons. The molecule has 2 aromatic carbocycles. The minimum absolute atomic E-state index is 0. The summed E-state index contributed by atoms with van der Waals surface area (Å²) in [7, 11) is 0. The molecule has 0 aliphatic heterocycles. The second kappa shape index (κ2) is 10.1. The highest BCUT2D eigenvalue weighted by Gasteiger charge is 2.03. The Hall–Kier alpha value is -1.70. The van der Waals surface area contributed by atoms with E-state index in [1.54, 1.807) is 0 Å². The standard InChI is InChI=1S/C17H19F2N3.HI/c18-15-6-7-16(19)14(12-15)9-11-22-17(20)21-10-8-13-4-2-1-3-5-13;/h1-7,12H,8-11H2,(H3,20,21,22);1H. The molecular formula is C17H20F2IN3. The molecule has 0 saturated heterocycles. The Morgan fingerprint density at radius 2 is 1.78 bits per heavy atom. The summed E-state index contributed by atoms with van der Waals surface area (Å²) in [6, 6.07) is 13.4. The van der Waals surface area contributed by atoms with Gasteiger partial charge in [0.05, 0.1) is 0 Å². The summed E-state index contributed by atoms with van der Waals surface area (Å²) in [4.78, 5) is 4.12. The molecule has 0 aliphatic carbocycles. The van der Waals surface area contributed by atoms with E-state index in [1.165, 1.54) is 11.6 Å². The third-order valence-corrected chi connectivity index (χ3v) is 3.23. The van der Waals surface area contributed by atoms with Crippen molar-refractivity contribution >= 4 is 29.9 Å². The Labute approximate surface area is 152 Å². The Bertz CT molecular complexity index is 633. The van der Waals surface area contributed by atoms with E-state index in [0.29, 0.717) is 31.0 Å². The van der Waals surface area contributed by atoms with Gasteiger partial charge in [0.2, 0.25) is 0 Å². The second-order valence-corrected chi connectivity index (χ2v) is 4.92. The van der Waals surface area contributed by atoms with E-state index in [-0.39, 0.29) is 24.0 Å². The number of hydrogen-bond acceptors (Lipinski definition) is 1. The van der Waals surface area contributed by atoms with Crippen molar-refractivity contribution in [3.63, 3.8) is 0 Å². The molecule has 0 heterocycles. The molecule has 23 heavy (non-hydrogen) atoms. The molecule has 0 unspecified atom stereocenters. The van der Waals surface area contributed by atoms with Gasteiger partial charge in [-0.25, -0.2) is 8.78 Å². The average Bonchev–Trinajstić information content (AvgIpc) is 2.52. The lowest BCUT2D eigenvalue weighted by atomic mass is 10.1. The maximum absolute atomic E-state index is 13.4. The second-order valence-electron chi connectivity index (χ2n) is 4.92. The van der Waals surface area contributed by atoms with E-state index in [4.69, 9.17) is 5.73 Å². The molecule has 0 spiro atoms. The van der Waals surface area contributed by atoms with Crippen LogP contribution < -0.4 is 11.1 Å². The molecule has 0 aliphatic rings. The van der Waals surface area contributed by atoms with Gasteiger partial charge in [0.1, 0.15) is 11.6 Å². The van der Waals surface area contributed by atoms with Crippen molar-refractivity contribution in [2.45, 2.75) is 12.8 Å². The Balaban J connectivity index is 0.00000264. The van der Waals surface area contributed by atoms with Crippen molar-refractivity contribution in [3.8, 4) is 0 Å². The zero-order valence-electron chi connectivity index (χ0n) is 12.6. The molecule has 0 amide bonds. The first-order valence-electron chi connectivity index (χ1n) is 7.17. The van der Waals surface area contributed by atoms with Gasteiger partial charge in [0.25, 0.3) is 0 Å². The van der Waals surface area contributed by atoms with E-state index in [0.717, 1.165) is 18.6 Å². The smallest absolute Gasteiger partial charge is 0.188 e. The fourth-order valence-electron chi connectivity index (χ4n) is 2.07. The molecule has 0 atom stereocenters. The first-order valence-corrected chi connectivity index (χ1v) is 7.17. The van der Waals surface area contributed by atoms with Crippen molar-refractivity contribution in [2.24, 2.45) is 10.7 Å². The lowest BCUT2D eigenvalue weighted by Gasteiger charge is -2.06. The number of nitrogens with two attached hydrogens (primary N) is 1. The van der Waals surface area contributed by atoms with Crippen LogP contribution in [0.2, 0.25) is 0 Å². The first-order chi connectivity index (χ1) is 10.6. The van der Waals surface area contributed by atoms with Gasteiger partial charge in [-0.2, -0.15) is 0 Å². The Kier molecular flexibility index (Phi) is 8.53. The van der Waals surface area contributed by atoms with Crippen LogP contribution in [0.4, 0.5) is 8.78 Å². The zero-order chi connectivity index (χ0) is 15.8. The van der Waals surface area contributed by atoms with Crippen molar-refractivity contribution < 1.29 is 8.78 Å². The average molecular weight is 431 g/mol. The van der Waals surface area contributed by atoms with Crippen LogP contribution >= 0.6 is 24.0 Å². The minimum Gasteiger partial charge on any atom is -0.370 e. The fraction of sp³-hybridized carbons (Fsp3) is 0.235. The van der Waals surface area contributed by atoms with Gasteiger partial charge in [-0.05, 0) is 42.2 Å². The molecule has 2 aromatic rings. The van der Waals surface area contributed by atoms with Crippen LogP contribution in [-0.2, 0) is 12.8 Å². The summed E-state index contributed by atoms with van der Waals surface area (Å²) in [6.07, 6.45) is 1.15. The molecular weight excluding hydrogens is 411 g/mol. The van der Waals surface area contributed by atoms with Crippen molar-refractivity contribution in [2.75, 3.05) is 13.1 Å². The SMILES string of the molecule is I.NC(=NCCc1cc(F)ccc1F)NCCc1ccccc1. The van der Waals surface area contributed by atoms with Crippen LogP contribution in [0, 0.1) is 11.6 Å². The Morgan fingerprint density at radius 1 is 1.04 bits per heavy atom. The van der Waals surface area contributed by atoms with Gasteiger partial charge in [0.15, 0.2) is 5.96 Å². The molecule has 2 rings (SSSR count). The molecule has 0 bridgehead atoms. The molecule has 0 aromatic heterocycles. The summed E-state index contributed by atoms with van der Waals surface area (Å²) in [5.74, 6) is -0.561. The van der Waals surface area contributed by atoms with E-state index >= 15 is 0 Å². The van der Waals surface area contributed by atoms with Gasteiger partial charge >= 0.3 is 0 Å². The summed E-state index contributed by atoms with van der Waals surface area (Å²) < 4.78 is 26.4. The molecule has 3 N–H and O–H groups in total. The highest BCUT2D eigenvalue weighted by molar-refractivity contribution is 14.0. The van der Waals surface area contributed by atoms with Crippen LogP contribution in [0.25, 0.3) is 0 Å². The highest BCUT2D eigenvalue weighted by atomic mass is 127. The number of nitrogens with zero attached hydrogens (tertiary/aromatic N) is 1. The third kappa shape index (κ3) is 6.94. The van der Waals surface area contributed by atoms with E-state index < -0.39 is 11.6 Å². The number of guanidine groups is 1. The summed E-state index contributed by atoms with van der Waals surface area (Å²) in [6.45, 7) is 0.984. The predicted molar refractivity (Wildman–Crippen MR) is 100 cm³/mol. The zero-order valence-corrected chi connectivity index (χ0v) is 15.0. The number of nitrogens with one attached hydrogen (secondary N) is 1. The fourth-order valence-corrected chi connectivity index (χ4v) is 2.07. The van der Waals surface area contributed by atoms with E-state index in [9.17, 15) is 8.78 Å². The number of halogens is 3. The van der Waals surface area contributed by atoms with Gasteiger partial charge in [-0.1, -0.05) is 30.3 Å². The van der Waals surface area contributed by atoms with Crippen molar-refractivity contribution in [1.29, 1.82) is 0 Å². The molecule has 6 heteroatoms. The molecule has 3 nitrogen and oxygen atoms in total. The van der Waals surface area contributed by atoms with Crippen LogP contribution in [0.15, 0.2) is 53.5 Å². The lowest BCUT2D eigenvalue weighted by molar-refractivity contribution is 0.585. The molecule has 0 fully saturated rings. The first kappa shape index (κ1) is 19.3. The van der Waals surface area contributed by atoms with Gasteiger partial charge < -0.3 is 11.1 Å². The Morgan fingerprint density at radius 3 is 2.52 bits per heavy atom. The van der Waals surface area contributed by atoms with Crippen LogP contribution in [-0.4, -0.2) is 19.0 Å². The quantitative estimate of drug-likeness (QED) is 0.419. The monoisotopic (exact) mass is 431 g/mol. The van der Waals surface area contributed by atoms with Crippen molar-refractivity contribution in [3.05, 3.63) is 71.3 Å². The van der Waals surface area contributed by atoms with Gasteiger partial charge in [-0.15, -0.1) is 24.0 Å². The maximum Gasteiger partial charge on any atom is 0.188 e. The van der Waals surface area contributed by atoms with Gasteiger partial charge in [0, 0.05) is 13.1 Å². The number of rotatable bonds is 6. The summed E-state index contributed by atoms with van der Waals surface area (Å²) in [5.41, 5.74) is 7.26. The van der Waals surface area contributed by atoms with E-state index in [1.807, 2.05) is 30.3 Å². The summed E-state index contributed by atoms with van der Waals surface area (Å²) in [5, 5.41) is 3.00.